The van der Waals surface area contributed by atoms with Crippen molar-refractivity contribution in [3.8, 4) is 11.5 Å². The fourth-order valence-corrected chi connectivity index (χ4v) is 3.62. The van der Waals surface area contributed by atoms with Gasteiger partial charge in [0.25, 0.3) is 0 Å². The second-order valence-electron chi connectivity index (χ2n) is 7.64. The predicted octanol–water partition coefficient (Wildman–Crippen LogP) is 5.76. The number of oxime groups is 1. The standard InChI is InChI=1S/C27H23FN2O4/c1-33-29-26(20-6-5-9-24(15-20)34-23-7-3-2-4-8-23)18-30-16-21(25(17-30)27(31)32)14-19-10-12-22(28)13-11-19/h2-13,15-17H,14,18H2,1H3,(H,31,32). The van der Waals surface area contributed by atoms with E-state index in [9.17, 15) is 14.3 Å². The maximum atomic E-state index is 13.2. The van der Waals surface area contributed by atoms with Crippen LogP contribution in [-0.4, -0.2) is 28.5 Å². The summed E-state index contributed by atoms with van der Waals surface area (Å²) in [6.45, 7) is 0.284. The highest BCUT2D eigenvalue weighted by Gasteiger charge is 2.16. The number of ether oxygens (including phenoxy) is 1. The van der Waals surface area contributed by atoms with Crippen molar-refractivity contribution >= 4 is 11.7 Å². The molecule has 0 aliphatic rings. The van der Waals surface area contributed by atoms with Crippen LogP contribution < -0.4 is 4.74 Å². The maximum Gasteiger partial charge on any atom is 0.337 e. The van der Waals surface area contributed by atoms with Crippen molar-refractivity contribution in [1.29, 1.82) is 0 Å². The summed E-state index contributed by atoms with van der Waals surface area (Å²) in [5.41, 5.74) is 3.00. The average Bonchev–Trinajstić information content (AvgIpc) is 3.24. The number of rotatable bonds is 9. The average molecular weight is 458 g/mol. The van der Waals surface area contributed by atoms with E-state index in [-0.39, 0.29) is 17.9 Å². The molecule has 6 nitrogen and oxygen atoms in total. The Morgan fingerprint density at radius 1 is 0.971 bits per heavy atom. The summed E-state index contributed by atoms with van der Waals surface area (Å²) < 4.78 is 20.9. The minimum atomic E-state index is -1.03. The first-order chi connectivity index (χ1) is 16.5. The van der Waals surface area contributed by atoms with Crippen LogP contribution in [0.15, 0.2) is 96.4 Å². The number of hydrogen-bond donors (Lipinski definition) is 1. The molecule has 1 heterocycles. The second kappa shape index (κ2) is 10.5. The molecule has 0 bridgehead atoms. The first kappa shape index (κ1) is 22.8. The van der Waals surface area contributed by atoms with Crippen LogP contribution in [0.5, 0.6) is 11.5 Å². The van der Waals surface area contributed by atoms with Gasteiger partial charge < -0.3 is 19.2 Å². The van der Waals surface area contributed by atoms with Gasteiger partial charge in [-0.3, -0.25) is 0 Å². The number of carboxylic acids is 1. The molecular formula is C27H23FN2O4. The van der Waals surface area contributed by atoms with Gasteiger partial charge in [0.1, 0.15) is 30.1 Å². The van der Waals surface area contributed by atoms with Crippen LogP contribution in [0.2, 0.25) is 0 Å². The molecule has 7 heteroatoms. The Labute approximate surface area is 196 Å². The van der Waals surface area contributed by atoms with Gasteiger partial charge in [-0.2, -0.15) is 0 Å². The van der Waals surface area contributed by atoms with Gasteiger partial charge in [0.2, 0.25) is 0 Å². The van der Waals surface area contributed by atoms with Crippen LogP contribution >= 0.6 is 0 Å². The monoisotopic (exact) mass is 458 g/mol. The lowest BCUT2D eigenvalue weighted by molar-refractivity contribution is 0.0696. The van der Waals surface area contributed by atoms with Gasteiger partial charge in [-0.05, 0) is 53.9 Å². The maximum absolute atomic E-state index is 13.2. The number of carbonyl (C=O) groups is 1. The highest BCUT2D eigenvalue weighted by Crippen LogP contribution is 2.23. The molecule has 0 atom stereocenters. The van der Waals surface area contributed by atoms with E-state index in [4.69, 9.17) is 9.57 Å². The third kappa shape index (κ3) is 5.69. The van der Waals surface area contributed by atoms with Gasteiger partial charge in [-0.15, -0.1) is 0 Å². The molecular weight excluding hydrogens is 435 g/mol. The third-order valence-electron chi connectivity index (χ3n) is 5.18. The SMILES string of the molecule is CON=C(Cn1cc(Cc2ccc(F)cc2)c(C(=O)O)c1)c1cccc(Oc2ccccc2)c1. The van der Waals surface area contributed by atoms with Crippen molar-refractivity contribution in [1.82, 2.24) is 4.57 Å². The van der Waals surface area contributed by atoms with Gasteiger partial charge >= 0.3 is 5.97 Å². The highest BCUT2D eigenvalue weighted by atomic mass is 19.1. The summed E-state index contributed by atoms with van der Waals surface area (Å²) >= 11 is 0. The number of aromatic carboxylic acids is 1. The van der Waals surface area contributed by atoms with Gasteiger partial charge in [0.15, 0.2) is 0 Å². The summed E-state index contributed by atoms with van der Waals surface area (Å²) in [7, 11) is 1.46. The lowest BCUT2D eigenvalue weighted by atomic mass is 10.0. The molecule has 0 spiro atoms. The van der Waals surface area contributed by atoms with Crippen molar-refractivity contribution in [3.05, 3.63) is 119 Å². The normalized spacial score (nSPS) is 11.3. The minimum absolute atomic E-state index is 0.183. The Bertz CT molecular complexity index is 1300. The summed E-state index contributed by atoms with van der Waals surface area (Å²) in [4.78, 5) is 16.9. The number of nitrogens with zero attached hydrogens (tertiary/aromatic N) is 2. The molecule has 4 rings (SSSR count). The summed E-state index contributed by atoms with van der Waals surface area (Å²) in [6.07, 6.45) is 3.70. The molecule has 0 amide bonds. The number of halogens is 1. The topological polar surface area (TPSA) is 73.1 Å². The molecule has 1 aromatic heterocycles. The zero-order valence-electron chi connectivity index (χ0n) is 18.5. The Balaban J connectivity index is 1.58. The summed E-state index contributed by atoms with van der Waals surface area (Å²) in [6, 6.07) is 22.9. The van der Waals surface area contributed by atoms with E-state index >= 15 is 0 Å². The van der Waals surface area contributed by atoms with Crippen LogP contribution in [0.3, 0.4) is 0 Å². The molecule has 4 aromatic rings. The van der Waals surface area contributed by atoms with Crippen molar-refractivity contribution < 1.29 is 23.9 Å². The molecule has 0 unspecified atom stereocenters. The number of benzene rings is 3. The Morgan fingerprint density at radius 3 is 2.41 bits per heavy atom. The molecule has 0 aliphatic heterocycles. The molecule has 0 radical (unpaired) electrons. The zero-order chi connectivity index (χ0) is 23.9. The summed E-state index contributed by atoms with van der Waals surface area (Å²) in [5, 5.41) is 13.9. The molecule has 0 aliphatic carbocycles. The van der Waals surface area contributed by atoms with Crippen molar-refractivity contribution in [2.45, 2.75) is 13.0 Å². The molecule has 1 N–H and O–H groups in total. The van der Waals surface area contributed by atoms with Gasteiger partial charge in [-0.25, -0.2) is 9.18 Å². The van der Waals surface area contributed by atoms with Crippen molar-refractivity contribution in [3.63, 3.8) is 0 Å². The van der Waals surface area contributed by atoms with Crippen molar-refractivity contribution in [2.24, 2.45) is 5.16 Å². The van der Waals surface area contributed by atoms with E-state index in [0.717, 1.165) is 11.1 Å². The predicted molar refractivity (Wildman–Crippen MR) is 127 cm³/mol. The Hall–Kier alpha value is -4.39. The van der Waals surface area contributed by atoms with Crippen LogP contribution in [0, 0.1) is 5.82 Å². The van der Waals surface area contributed by atoms with E-state index in [1.54, 1.807) is 29.1 Å². The van der Waals surface area contributed by atoms with Crippen LogP contribution in [0.25, 0.3) is 0 Å². The molecule has 0 saturated heterocycles. The fraction of sp³-hybridized carbons (Fsp3) is 0.111. The van der Waals surface area contributed by atoms with E-state index < -0.39 is 5.97 Å². The van der Waals surface area contributed by atoms with Gasteiger partial charge in [0.05, 0.1) is 12.1 Å². The molecule has 172 valence electrons. The van der Waals surface area contributed by atoms with E-state index in [0.29, 0.717) is 29.2 Å². The van der Waals surface area contributed by atoms with E-state index in [1.807, 2.05) is 54.6 Å². The first-order valence-electron chi connectivity index (χ1n) is 10.6. The number of hydrogen-bond acceptors (Lipinski definition) is 4. The smallest absolute Gasteiger partial charge is 0.337 e. The number of carboxylic acid groups (broad SMARTS) is 1. The van der Waals surface area contributed by atoms with E-state index in [2.05, 4.69) is 5.16 Å². The Kier molecular flexibility index (Phi) is 7.03. The minimum Gasteiger partial charge on any atom is -0.478 e. The first-order valence-corrected chi connectivity index (χ1v) is 10.6. The van der Waals surface area contributed by atoms with E-state index in [1.165, 1.54) is 19.2 Å². The van der Waals surface area contributed by atoms with Gasteiger partial charge in [0, 0.05) is 18.0 Å². The zero-order valence-corrected chi connectivity index (χ0v) is 18.5. The highest BCUT2D eigenvalue weighted by molar-refractivity contribution is 6.00. The molecule has 0 fully saturated rings. The van der Waals surface area contributed by atoms with Gasteiger partial charge in [-0.1, -0.05) is 47.6 Å². The summed E-state index contributed by atoms with van der Waals surface area (Å²) in [5.74, 6) is -0.00641. The molecule has 0 saturated carbocycles. The molecule has 34 heavy (non-hydrogen) atoms. The van der Waals surface area contributed by atoms with Crippen LogP contribution in [0.4, 0.5) is 4.39 Å². The fourth-order valence-electron chi connectivity index (χ4n) is 3.62. The quantitative estimate of drug-likeness (QED) is 0.256. The lowest BCUT2D eigenvalue weighted by Gasteiger charge is -2.10. The lowest BCUT2D eigenvalue weighted by Crippen LogP contribution is -2.11. The third-order valence-corrected chi connectivity index (χ3v) is 5.18. The van der Waals surface area contributed by atoms with Crippen LogP contribution in [0.1, 0.15) is 27.0 Å². The van der Waals surface area contributed by atoms with Crippen LogP contribution in [-0.2, 0) is 17.8 Å². The second-order valence-corrected chi connectivity index (χ2v) is 7.64. The largest absolute Gasteiger partial charge is 0.478 e. The number of para-hydroxylation sites is 1. The Morgan fingerprint density at radius 2 is 1.71 bits per heavy atom. The van der Waals surface area contributed by atoms with Crippen molar-refractivity contribution in [2.75, 3.05) is 7.11 Å². The molecule has 3 aromatic carbocycles. The number of aromatic nitrogens is 1.